The van der Waals surface area contributed by atoms with Crippen LogP contribution in [0.4, 0.5) is 0 Å². The number of carbonyl (C=O) groups is 1. The lowest BCUT2D eigenvalue weighted by molar-refractivity contribution is 0.0689. The monoisotopic (exact) mass is 288 g/mol. The Morgan fingerprint density at radius 1 is 1.15 bits per heavy atom. The van der Waals surface area contributed by atoms with Gasteiger partial charge in [0.2, 0.25) is 0 Å². The second kappa shape index (κ2) is 4.54. The Morgan fingerprint density at radius 3 is 2.50 bits per heavy atom. The Labute approximate surface area is 118 Å². The number of phenols is 1. The maximum absolute atomic E-state index is 11.3. The number of halogens is 1. The van der Waals surface area contributed by atoms with Crippen LogP contribution in [0, 0.1) is 0 Å². The fourth-order valence-electron chi connectivity index (χ4n) is 2.07. The number of carboxylic acid groups (broad SMARTS) is 1. The zero-order valence-corrected chi connectivity index (χ0v) is 10.9. The van der Waals surface area contributed by atoms with Crippen molar-refractivity contribution in [1.82, 2.24) is 9.38 Å². The van der Waals surface area contributed by atoms with Crippen molar-refractivity contribution in [2.45, 2.75) is 0 Å². The molecule has 0 aliphatic heterocycles. The van der Waals surface area contributed by atoms with Crippen LogP contribution in [0.5, 0.6) is 5.75 Å². The fraction of sp³-hybridized carbons (Fsp3) is 0. The molecule has 5 nitrogen and oxygen atoms in total. The third kappa shape index (κ3) is 1.88. The molecule has 2 aromatic heterocycles. The molecule has 2 N–H and O–H groups in total. The van der Waals surface area contributed by atoms with E-state index in [-0.39, 0.29) is 16.6 Å². The summed E-state index contributed by atoms with van der Waals surface area (Å²) in [4.78, 5) is 15.5. The van der Waals surface area contributed by atoms with E-state index in [4.69, 9.17) is 11.6 Å². The number of rotatable bonds is 2. The van der Waals surface area contributed by atoms with Crippen molar-refractivity contribution in [3.05, 3.63) is 53.3 Å². The van der Waals surface area contributed by atoms with Crippen molar-refractivity contribution in [1.29, 1.82) is 0 Å². The number of aromatic hydroxyl groups is 1. The molecule has 0 amide bonds. The summed E-state index contributed by atoms with van der Waals surface area (Å²) in [6.07, 6.45) is 0. The topological polar surface area (TPSA) is 74.8 Å². The van der Waals surface area contributed by atoms with Gasteiger partial charge in [-0.2, -0.15) is 0 Å². The van der Waals surface area contributed by atoms with Crippen LogP contribution in [0.15, 0.2) is 42.5 Å². The standard InChI is InChI=1S/C14H9ClN2O3/c15-12-10-2-1-3-11(14(19)20)17(10)13(16-12)8-4-6-9(18)7-5-8/h1-7,18H,(H,19,20). The van der Waals surface area contributed by atoms with E-state index in [0.29, 0.717) is 16.9 Å². The summed E-state index contributed by atoms with van der Waals surface area (Å²) < 4.78 is 1.48. The Morgan fingerprint density at radius 2 is 1.85 bits per heavy atom. The molecule has 0 fully saturated rings. The highest BCUT2D eigenvalue weighted by Crippen LogP contribution is 2.28. The normalized spacial score (nSPS) is 10.8. The number of imidazole rings is 1. The van der Waals surface area contributed by atoms with Gasteiger partial charge in [-0.1, -0.05) is 17.7 Å². The molecule has 0 atom stereocenters. The first-order valence-corrected chi connectivity index (χ1v) is 6.15. The molecule has 1 aromatic carbocycles. The first-order valence-electron chi connectivity index (χ1n) is 5.77. The number of fused-ring (bicyclic) bond motifs is 1. The zero-order chi connectivity index (χ0) is 14.3. The second-order valence-electron chi connectivity index (χ2n) is 4.21. The molecule has 0 radical (unpaired) electrons. The van der Waals surface area contributed by atoms with E-state index < -0.39 is 5.97 Å². The number of carboxylic acids is 1. The van der Waals surface area contributed by atoms with E-state index in [0.717, 1.165) is 0 Å². The number of pyridine rings is 1. The van der Waals surface area contributed by atoms with Gasteiger partial charge in [-0.25, -0.2) is 9.78 Å². The second-order valence-corrected chi connectivity index (χ2v) is 4.57. The summed E-state index contributed by atoms with van der Waals surface area (Å²) in [6, 6.07) is 11.1. The smallest absolute Gasteiger partial charge is 0.352 e. The largest absolute Gasteiger partial charge is 0.508 e. The van der Waals surface area contributed by atoms with Crippen LogP contribution in [0.3, 0.4) is 0 Å². The van der Waals surface area contributed by atoms with Crippen LogP contribution in [0.2, 0.25) is 5.15 Å². The molecule has 0 aliphatic rings. The average molecular weight is 289 g/mol. The predicted molar refractivity (Wildman–Crippen MR) is 74.3 cm³/mol. The number of benzene rings is 1. The number of aromatic nitrogens is 2. The third-order valence-corrected chi connectivity index (χ3v) is 3.24. The minimum atomic E-state index is -1.07. The van der Waals surface area contributed by atoms with Crippen LogP contribution in [-0.4, -0.2) is 25.6 Å². The first-order chi connectivity index (χ1) is 9.58. The van der Waals surface area contributed by atoms with Gasteiger partial charge < -0.3 is 10.2 Å². The van der Waals surface area contributed by atoms with Gasteiger partial charge in [0.25, 0.3) is 0 Å². The Kier molecular flexibility index (Phi) is 2.84. The summed E-state index contributed by atoms with van der Waals surface area (Å²) in [5.74, 6) is -0.521. The number of nitrogens with zero attached hydrogens (tertiary/aromatic N) is 2. The van der Waals surface area contributed by atoms with E-state index in [1.807, 2.05) is 0 Å². The lowest BCUT2D eigenvalue weighted by Crippen LogP contribution is -2.05. The molecule has 0 unspecified atom stereocenters. The van der Waals surface area contributed by atoms with Crippen LogP contribution in [0.25, 0.3) is 16.9 Å². The van der Waals surface area contributed by atoms with E-state index in [2.05, 4.69) is 4.98 Å². The lowest BCUT2D eigenvalue weighted by Gasteiger charge is -2.05. The molecule has 100 valence electrons. The van der Waals surface area contributed by atoms with Crippen molar-refractivity contribution >= 4 is 23.1 Å². The van der Waals surface area contributed by atoms with Gasteiger partial charge in [0.15, 0.2) is 5.15 Å². The van der Waals surface area contributed by atoms with Crippen LogP contribution >= 0.6 is 11.6 Å². The molecule has 3 aromatic rings. The Balaban J connectivity index is 2.36. The van der Waals surface area contributed by atoms with Gasteiger partial charge in [-0.15, -0.1) is 0 Å². The summed E-state index contributed by atoms with van der Waals surface area (Å²) >= 11 is 6.06. The molecule has 0 spiro atoms. The maximum Gasteiger partial charge on any atom is 0.352 e. The average Bonchev–Trinajstić information content (AvgIpc) is 2.77. The Hall–Kier alpha value is -2.53. The lowest BCUT2D eigenvalue weighted by atomic mass is 10.2. The van der Waals surface area contributed by atoms with Crippen molar-refractivity contribution in [2.75, 3.05) is 0 Å². The maximum atomic E-state index is 11.3. The molecule has 6 heteroatoms. The molecule has 0 bridgehead atoms. The van der Waals surface area contributed by atoms with Crippen molar-refractivity contribution < 1.29 is 15.0 Å². The van der Waals surface area contributed by atoms with Crippen LogP contribution < -0.4 is 0 Å². The summed E-state index contributed by atoms with van der Waals surface area (Å²) in [6.45, 7) is 0. The molecule has 20 heavy (non-hydrogen) atoms. The molecule has 3 rings (SSSR count). The molecule has 0 saturated heterocycles. The van der Waals surface area contributed by atoms with E-state index in [1.54, 1.807) is 24.3 Å². The van der Waals surface area contributed by atoms with Crippen LogP contribution in [0.1, 0.15) is 10.5 Å². The van der Waals surface area contributed by atoms with E-state index in [1.165, 1.54) is 22.6 Å². The van der Waals surface area contributed by atoms with Crippen molar-refractivity contribution in [3.63, 3.8) is 0 Å². The molecular weight excluding hydrogens is 280 g/mol. The molecule has 0 aliphatic carbocycles. The summed E-state index contributed by atoms with van der Waals surface area (Å²) in [7, 11) is 0. The van der Waals surface area contributed by atoms with E-state index >= 15 is 0 Å². The first kappa shape index (κ1) is 12.5. The van der Waals surface area contributed by atoms with Crippen molar-refractivity contribution in [2.24, 2.45) is 0 Å². The fourth-order valence-corrected chi connectivity index (χ4v) is 2.30. The minimum Gasteiger partial charge on any atom is -0.508 e. The van der Waals surface area contributed by atoms with Gasteiger partial charge in [0.05, 0.1) is 5.52 Å². The number of phenolic OH excluding ortho intramolecular Hbond substituents is 1. The van der Waals surface area contributed by atoms with Gasteiger partial charge in [0, 0.05) is 5.56 Å². The number of hydrogen-bond donors (Lipinski definition) is 2. The third-order valence-electron chi connectivity index (χ3n) is 2.96. The number of hydrogen-bond acceptors (Lipinski definition) is 3. The van der Waals surface area contributed by atoms with Crippen LogP contribution in [-0.2, 0) is 0 Å². The van der Waals surface area contributed by atoms with E-state index in [9.17, 15) is 15.0 Å². The van der Waals surface area contributed by atoms with Gasteiger partial charge in [0.1, 0.15) is 17.3 Å². The summed E-state index contributed by atoms with van der Waals surface area (Å²) in [5, 5.41) is 18.8. The molecule has 0 saturated carbocycles. The predicted octanol–water partition coefficient (Wildman–Crippen LogP) is 3.06. The minimum absolute atomic E-state index is 0.0741. The SMILES string of the molecule is O=C(O)c1cccc2c(Cl)nc(-c3ccc(O)cc3)n12. The quantitative estimate of drug-likeness (QED) is 0.760. The summed E-state index contributed by atoms with van der Waals surface area (Å²) in [5.41, 5.74) is 1.26. The van der Waals surface area contributed by atoms with Gasteiger partial charge >= 0.3 is 5.97 Å². The van der Waals surface area contributed by atoms with Gasteiger partial charge in [-0.3, -0.25) is 4.40 Å². The van der Waals surface area contributed by atoms with Crippen molar-refractivity contribution in [3.8, 4) is 17.1 Å². The Bertz CT molecular complexity index is 809. The zero-order valence-electron chi connectivity index (χ0n) is 10.1. The molecule has 2 heterocycles. The highest BCUT2D eigenvalue weighted by molar-refractivity contribution is 6.33. The molecular formula is C14H9ClN2O3. The van der Waals surface area contributed by atoms with Gasteiger partial charge in [-0.05, 0) is 36.4 Å². The highest BCUT2D eigenvalue weighted by atomic mass is 35.5. The highest BCUT2D eigenvalue weighted by Gasteiger charge is 2.17. The number of aromatic carboxylic acids is 1.